The van der Waals surface area contributed by atoms with Crippen LogP contribution < -0.4 is 9.62 Å². The number of nitrogens with one attached hydrogen (secondary N) is 1. The Kier molecular flexibility index (Phi) is 5.21. The minimum absolute atomic E-state index is 0.0982. The fourth-order valence-electron chi connectivity index (χ4n) is 4.22. The van der Waals surface area contributed by atoms with Crippen LogP contribution in [0.5, 0.6) is 0 Å². The summed E-state index contributed by atoms with van der Waals surface area (Å²) in [5.41, 5.74) is 0.454. The molecule has 1 amide bonds. The summed E-state index contributed by atoms with van der Waals surface area (Å²) in [5, 5.41) is 4.31. The Labute approximate surface area is 170 Å². The molecule has 2 aliphatic rings. The lowest BCUT2D eigenvalue weighted by molar-refractivity contribution is -0.147. The molecule has 1 heterocycles. The molecule has 1 aliphatic heterocycles. The fraction of sp³-hybridized carbons (Fsp3) is 0.429. The van der Waals surface area contributed by atoms with Crippen molar-refractivity contribution in [2.75, 3.05) is 17.5 Å². The molecule has 4 rings (SSSR count). The number of carbonyl (C=O) groups excluding carboxylic acids is 2. The van der Waals surface area contributed by atoms with E-state index in [4.69, 9.17) is 4.74 Å². The van der Waals surface area contributed by atoms with Crippen LogP contribution in [0.15, 0.2) is 41.3 Å². The SMILES string of the molecule is C[C@H]1CCCC[C@@H]1NC(=O)COC(=O)CN1c2cccc3cccc(c23)S1(=O)=O. The average molecular weight is 416 g/mol. The molecule has 8 heteroatoms. The van der Waals surface area contributed by atoms with E-state index >= 15 is 0 Å². The zero-order valence-electron chi connectivity index (χ0n) is 16.3. The Hall–Kier alpha value is -2.61. The largest absolute Gasteiger partial charge is 0.454 e. The second-order valence-corrected chi connectivity index (χ2v) is 9.57. The Morgan fingerprint density at radius 2 is 1.86 bits per heavy atom. The first-order chi connectivity index (χ1) is 13.9. The van der Waals surface area contributed by atoms with Crippen LogP contribution in [0.2, 0.25) is 0 Å². The first-order valence-electron chi connectivity index (χ1n) is 9.87. The van der Waals surface area contributed by atoms with Crippen molar-refractivity contribution in [2.45, 2.75) is 43.5 Å². The quantitative estimate of drug-likeness (QED) is 0.757. The van der Waals surface area contributed by atoms with Crippen molar-refractivity contribution >= 4 is 38.4 Å². The number of ether oxygens (including phenoxy) is 1. The van der Waals surface area contributed by atoms with Gasteiger partial charge in [-0.05, 0) is 36.3 Å². The smallest absolute Gasteiger partial charge is 0.327 e. The molecular weight excluding hydrogens is 392 g/mol. The monoisotopic (exact) mass is 416 g/mol. The van der Waals surface area contributed by atoms with Crippen LogP contribution in [0, 0.1) is 5.92 Å². The van der Waals surface area contributed by atoms with Gasteiger partial charge in [-0.25, -0.2) is 8.42 Å². The molecule has 2 aromatic rings. The van der Waals surface area contributed by atoms with Gasteiger partial charge in [0.05, 0.1) is 10.6 Å². The predicted molar refractivity (Wildman–Crippen MR) is 109 cm³/mol. The molecule has 29 heavy (non-hydrogen) atoms. The first-order valence-corrected chi connectivity index (χ1v) is 11.3. The van der Waals surface area contributed by atoms with Crippen LogP contribution in [-0.2, 0) is 24.3 Å². The van der Waals surface area contributed by atoms with Gasteiger partial charge in [-0.1, -0.05) is 44.0 Å². The van der Waals surface area contributed by atoms with E-state index in [1.165, 1.54) is 12.5 Å². The lowest BCUT2D eigenvalue weighted by atomic mass is 9.86. The van der Waals surface area contributed by atoms with Crippen molar-refractivity contribution in [1.82, 2.24) is 5.32 Å². The van der Waals surface area contributed by atoms with Crippen LogP contribution in [-0.4, -0.2) is 39.5 Å². The van der Waals surface area contributed by atoms with Gasteiger partial charge in [0.1, 0.15) is 6.54 Å². The topological polar surface area (TPSA) is 92.8 Å². The molecule has 1 N–H and O–H groups in total. The summed E-state index contributed by atoms with van der Waals surface area (Å²) in [6.45, 7) is 1.23. The van der Waals surface area contributed by atoms with Gasteiger partial charge in [0.25, 0.3) is 15.9 Å². The van der Waals surface area contributed by atoms with Gasteiger partial charge in [0, 0.05) is 11.4 Å². The Morgan fingerprint density at radius 3 is 2.62 bits per heavy atom. The molecule has 154 valence electrons. The number of amides is 1. The number of carbonyl (C=O) groups is 2. The third-order valence-corrected chi connectivity index (χ3v) is 7.58. The molecule has 0 bridgehead atoms. The summed E-state index contributed by atoms with van der Waals surface area (Å²) in [6.07, 6.45) is 4.24. The summed E-state index contributed by atoms with van der Waals surface area (Å²) >= 11 is 0. The summed E-state index contributed by atoms with van der Waals surface area (Å²) in [6, 6.07) is 10.4. The molecule has 1 saturated carbocycles. The van der Waals surface area contributed by atoms with Gasteiger partial charge in [-0.15, -0.1) is 0 Å². The van der Waals surface area contributed by atoms with Gasteiger partial charge >= 0.3 is 5.97 Å². The molecule has 2 atom stereocenters. The predicted octanol–water partition coefficient (Wildman–Crippen LogP) is 2.59. The average Bonchev–Trinajstić information content (AvgIpc) is 2.92. The highest BCUT2D eigenvalue weighted by Crippen LogP contribution is 2.41. The Bertz CT molecular complexity index is 1060. The van der Waals surface area contributed by atoms with Crippen molar-refractivity contribution in [3.8, 4) is 0 Å². The fourth-order valence-corrected chi connectivity index (χ4v) is 5.87. The number of benzene rings is 2. The Morgan fingerprint density at radius 1 is 1.14 bits per heavy atom. The summed E-state index contributed by atoms with van der Waals surface area (Å²) < 4.78 is 31.9. The standard InChI is InChI=1S/C21H24N2O5S/c1-14-6-2-3-9-16(14)22-19(24)13-28-20(25)12-23-17-10-4-7-15-8-5-11-18(21(15)17)29(23,26)27/h4-5,7-8,10-11,14,16H,2-3,6,9,12-13H2,1H3,(H,22,24)/t14-,16-/m0/s1. The number of hydrogen-bond acceptors (Lipinski definition) is 5. The molecule has 1 aliphatic carbocycles. The van der Waals surface area contributed by atoms with Gasteiger partial charge < -0.3 is 10.1 Å². The summed E-state index contributed by atoms with van der Waals surface area (Å²) in [5.74, 6) is -0.714. The van der Waals surface area contributed by atoms with E-state index in [9.17, 15) is 18.0 Å². The third kappa shape index (κ3) is 3.69. The molecule has 2 aromatic carbocycles. The molecule has 0 spiro atoms. The number of anilines is 1. The molecule has 7 nitrogen and oxygen atoms in total. The molecule has 0 saturated heterocycles. The van der Waals surface area contributed by atoms with E-state index < -0.39 is 29.1 Å². The van der Waals surface area contributed by atoms with Gasteiger partial charge in [-0.3, -0.25) is 13.9 Å². The lowest BCUT2D eigenvalue weighted by Gasteiger charge is -2.29. The van der Waals surface area contributed by atoms with Crippen molar-refractivity contribution in [2.24, 2.45) is 5.92 Å². The first kappa shape index (κ1) is 19.7. The highest BCUT2D eigenvalue weighted by molar-refractivity contribution is 7.93. The van der Waals surface area contributed by atoms with E-state index in [1.54, 1.807) is 18.2 Å². The zero-order chi connectivity index (χ0) is 20.6. The molecule has 0 aromatic heterocycles. The maximum atomic E-state index is 12.9. The van der Waals surface area contributed by atoms with Crippen LogP contribution in [0.25, 0.3) is 10.8 Å². The highest BCUT2D eigenvalue weighted by Gasteiger charge is 2.37. The van der Waals surface area contributed by atoms with Crippen LogP contribution >= 0.6 is 0 Å². The lowest BCUT2D eigenvalue weighted by Crippen LogP contribution is -2.43. The zero-order valence-corrected chi connectivity index (χ0v) is 17.1. The van der Waals surface area contributed by atoms with Crippen LogP contribution in [0.3, 0.4) is 0 Å². The number of sulfonamides is 1. The maximum Gasteiger partial charge on any atom is 0.327 e. The maximum absolute atomic E-state index is 12.9. The Balaban J connectivity index is 1.40. The van der Waals surface area contributed by atoms with Crippen LogP contribution in [0.1, 0.15) is 32.6 Å². The second kappa shape index (κ2) is 7.67. The van der Waals surface area contributed by atoms with E-state index in [0.717, 1.165) is 29.0 Å². The number of esters is 1. The number of rotatable bonds is 5. The van der Waals surface area contributed by atoms with E-state index in [2.05, 4.69) is 12.2 Å². The van der Waals surface area contributed by atoms with E-state index in [0.29, 0.717) is 17.0 Å². The van der Waals surface area contributed by atoms with Crippen LogP contribution in [0.4, 0.5) is 5.69 Å². The molecular formula is C21H24N2O5S. The van der Waals surface area contributed by atoms with Crippen molar-refractivity contribution in [3.63, 3.8) is 0 Å². The summed E-state index contributed by atoms with van der Waals surface area (Å²) in [7, 11) is -3.83. The van der Waals surface area contributed by atoms with E-state index in [-0.39, 0.29) is 16.8 Å². The molecule has 0 unspecified atom stereocenters. The van der Waals surface area contributed by atoms with Crippen molar-refractivity contribution in [3.05, 3.63) is 36.4 Å². The highest BCUT2D eigenvalue weighted by atomic mass is 32.2. The van der Waals surface area contributed by atoms with E-state index in [1.807, 2.05) is 12.1 Å². The molecule has 0 radical (unpaired) electrons. The third-order valence-electron chi connectivity index (χ3n) is 5.78. The van der Waals surface area contributed by atoms with Gasteiger partial charge in [-0.2, -0.15) is 0 Å². The molecule has 1 fully saturated rings. The van der Waals surface area contributed by atoms with Gasteiger partial charge in [0.15, 0.2) is 6.61 Å². The normalized spacial score (nSPS) is 22.4. The van der Waals surface area contributed by atoms with Crippen molar-refractivity contribution in [1.29, 1.82) is 0 Å². The van der Waals surface area contributed by atoms with Gasteiger partial charge in [0.2, 0.25) is 0 Å². The summed E-state index contributed by atoms with van der Waals surface area (Å²) in [4.78, 5) is 24.6. The minimum atomic E-state index is -3.83. The second-order valence-electron chi connectivity index (χ2n) is 7.74. The minimum Gasteiger partial charge on any atom is -0.454 e. The number of nitrogens with zero attached hydrogens (tertiary/aromatic N) is 1. The van der Waals surface area contributed by atoms with Crippen molar-refractivity contribution < 1.29 is 22.7 Å². The number of hydrogen-bond donors (Lipinski definition) is 1.